The van der Waals surface area contributed by atoms with Gasteiger partial charge in [0.25, 0.3) is 0 Å². The van der Waals surface area contributed by atoms with Crippen LogP contribution in [0.5, 0.6) is 0 Å². The van der Waals surface area contributed by atoms with E-state index in [0.29, 0.717) is 0 Å². The Bertz CT molecular complexity index is 3620. The summed E-state index contributed by atoms with van der Waals surface area (Å²) in [6, 6.07) is 85.4. The van der Waals surface area contributed by atoms with Gasteiger partial charge in [0.2, 0.25) is 0 Å². The molecular weight excluding hydrogens is 751 g/mol. The molecule has 0 aliphatic rings. The van der Waals surface area contributed by atoms with E-state index in [2.05, 4.69) is 235 Å². The topological polar surface area (TPSA) is 16.4 Å². The number of para-hydroxylation sites is 2. The van der Waals surface area contributed by atoms with E-state index in [1.807, 2.05) is 6.07 Å². The Balaban J connectivity index is 1.01. The molecule has 0 saturated carbocycles. The molecule has 0 N–H and O–H groups in total. The maximum atomic E-state index is 6.68. The number of hydrogen-bond donors (Lipinski definition) is 0. The molecule has 0 saturated heterocycles. The summed E-state index contributed by atoms with van der Waals surface area (Å²) in [7, 11) is 0. The molecule has 12 rings (SSSR count). The number of fused-ring (bicyclic) bond motifs is 7. The molecule has 290 valence electrons. The number of rotatable bonds is 7. The van der Waals surface area contributed by atoms with Crippen LogP contribution in [0.1, 0.15) is 0 Å². The van der Waals surface area contributed by atoms with Gasteiger partial charge in [0.1, 0.15) is 11.2 Å². The highest BCUT2D eigenvalue weighted by molar-refractivity contribution is 6.19. The summed E-state index contributed by atoms with van der Waals surface area (Å²) < 4.78 is 6.68. The molecule has 0 aliphatic carbocycles. The number of hydrogen-bond acceptors (Lipinski definition) is 2. The Kier molecular flexibility index (Phi) is 8.53. The van der Waals surface area contributed by atoms with E-state index in [1.165, 1.54) is 49.4 Å². The van der Waals surface area contributed by atoms with Gasteiger partial charge in [-0.1, -0.05) is 188 Å². The highest BCUT2D eigenvalue weighted by atomic mass is 16.3. The summed E-state index contributed by atoms with van der Waals surface area (Å²) in [6.45, 7) is 0. The van der Waals surface area contributed by atoms with E-state index < -0.39 is 0 Å². The molecule has 2 heteroatoms. The number of benzene rings is 11. The normalized spacial score (nSPS) is 11.5. The van der Waals surface area contributed by atoms with Crippen molar-refractivity contribution in [3.05, 3.63) is 237 Å². The summed E-state index contributed by atoms with van der Waals surface area (Å²) >= 11 is 0. The number of nitrogens with zero attached hydrogens (tertiary/aromatic N) is 1. The SMILES string of the molecule is c1cc(-c2ccc(N(c3ccc(-c4cccc5ccccc45)cc3)c3ccccc3-c3cccc4ccc5c6ccccc6oc5c34)cc2)cc(-c2cccc3ccccc23)c1. The smallest absolute Gasteiger partial charge is 0.143 e. The van der Waals surface area contributed by atoms with Gasteiger partial charge in [-0.3, -0.25) is 0 Å². The molecule has 0 bridgehead atoms. The van der Waals surface area contributed by atoms with E-state index in [1.54, 1.807) is 0 Å². The highest BCUT2D eigenvalue weighted by Crippen LogP contribution is 2.46. The van der Waals surface area contributed by atoms with E-state index in [4.69, 9.17) is 4.42 Å². The average Bonchev–Trinajstić information content (AvgIpc) is 3.73. The van der Waals surface area contributed by atoms with Gasteiger partial charge in [0.05, 0.1) is 5.69 Å². The summed E-state index contributed by atoms with van der Waals surface area (Å²) in [5, 5.41) is 9.50. The van der Waals surface area contributed by atoms with Gasteiger partial charge < -0.3 is 9.32 Å². The van der Waals surface area contributed by atoms with Crippen molar-refractivity contribution in [2.75, 3.05) is 4.90 Å². The van der Waals surface area contributed by atoms with Gasteiger partial charge in [-0.05, 0) is 114 Å². The second-order valence-corrected chi connectivity index (χ2v) is 16.0. The molecule has 0 fully saturated rings. The maximum absolute atomic E-state index is 6.68. The summed E-state index contributed by atoms with van der Waals surface area (Å²) in [5.41, 5.74) is 14.5. The zero-order valence-electron chi connectivity index (χ0n) is 33.9. The first kappa shape index (κ1) is 35.7. The minimum atomic E-state index is 0.897. The van der Waals surface area contributed by atoms with Crippen LogP contribution in [-0.2, 0) is 0 Å². The quantitative estimate of drug-likeness (QED) is 0.160. The molecule has 0 radical (unpaired) electrons. The zero-order valence-corrected chi connectivity index (χ0v) is 33.9. The number of anilines is 3. The fourth-order valence-corrected chi connectivity index (χ4v) is 9.51. The first-order valence-electron chi connectivity index (χ1n) is 21.2. The lowest BCUT2D eigenvalue weighted by molar-refractivity contribution is 0.673. The molecule has 0 spiro atoms. The fourth-order valence-electron chi connectivity index (χ4n) is 9.51. The van der Waals surface area contributed by atoms with Crippen molar-refractivity contribution in [2.24, 2.45) is 0 Å². The molecule has 62 heavy (non-hydrogen) atoms. The first-order chi connectivity index (χ1) is 30.7. The first-order valence-corrected chi connectivity index (χ1v) is 21.2. The predicted octanol–water partition coefficient (Wildman–Crippen LogP) is 17.2. The minimum absolute atomic E-state index is 0.897. The van der Waals surface area contributed by atoms with Gasteiger partial charge >= 0.3 is 0 Å². The zero-order chi connectivity index (χ0) is 41.0. The molecule has 0 unspecified atom stereocenters. The van der Waals surface area contributed by atoms with Crippen molar-refractivity contribution in [1.29, 1.82) is 0 Å². The molecule has 0 amide bonds. The Morgan fingerprint density at radius 3 is 1.53 bits per heavy atom. The molecule has 0 aliphatic heterocycles. The number of furan rings is 1. The van der Waals surface area contributed by atoms with Crippen molar-refractivity contribution >= 4 is 71.3 Å². The van der Waals surface area contributed by atoms with Crippen molar-refractivity contribution < 1.29 is 4.42 Å². The van der Waals surface area contributed by atoms with Crippen LogP contribution in [0.3, 0.4) is 0 Å². The maximum Gasteiger partial charge on any atom is 0.143 e. The lowest BCUT2D eigenvalue weighted by Crippen LogP contribution is -2.11. The predicted molar refractivity (Wildman–Crippen MR) is 263 cm³/mol. The summed E-state index contributed by atoms with van der Waals surface area (Å²) in [6.07, 6.45) is 0. The van der Waals surface area contributed by atoms with Crippen LogP contribution in [0.2, 0.25) is 0 Å². The fraction of sp³-hybridized carbons (Fsp3) is 0. The average molecular weight is 790 g/mol. The van der Waals surface area contributed by atoms with Gasteiger partial charge in [-0.2, -0.15) is 0 Å². The lowest BCUT2D eigenvalue weighted by Gasteiger charge is -2.28. The minimum Gasteiger partial charge on any atom is -0.455 e. The molecular formula is C60H39NO. The summed E-state index contributed by atoms with van der Waals surface area (Å²) in [4.78, 5) is 2.40. The van der Waals surface area contributed by atoms with Crippen LogP contribution in [0.15, 0.2) is 241 Å². The van der Waals surface area contributed by atoms with Gasteiger partial charge in [-0.25, -0.2) is 0 Å². The van der Waals surface area contributed by atoms with E-state index in [-0.39, 0.29) is 0 Å². The Labute approximate surface area is 360 Å². The Morgan fingerprint density at radius 2 is 0.806 bits per heavy atom. The van der Waals surface area contributed by atoms with Crippen molar-refractivity contribution in [1.82, 2.24) is 0 Å². The van der Waals surface area contributed by atoms with Crippen molar-refractivity contribution in [3.8, 4) is 44.5 Å². The lowest BCUT2D eigenvalue weighted by atomic mass is 9.94. The van der Waals surface area contributed by atoms with Crippen LogP contribution in [0.4, 0.5) is 17.1 Å². The van der Waals surface area contributed by atoms with Crippen LogP contribution in [-0.4, -0.2) is 0 Å². The molecule has 11 aromatic carbocycles. The van der Waals surface area contributed by atoms with Gasteiger partial charge in [0.15, 0.2) is 0 Å². The van der Waals surface area contributed by atoms with E-state index >= 15 is 0 Å². The Morgan fingerprint density at radius 1 is 0.290 bits per heavy atom. The third-order valence-electron chi connectivity index (χ3n) is 12.5. The van der Waals surface area contributed by atoms with Crippen molar-refractivity contribution in [3.63, 3.8) is 0 Å². The second-order valence-electron chi connectivity index (χ2n) is 16.0. The van der Waals surface area contributed by atoms with Gasteiger partial charge in [0, 0.05) is 33.1 Å². The Hall–Kier alpha value is -8.20. The summed E-state index contributed by atoms with van der Waals surface area (Å²) in [5.74, 6) is 0. The van der Waals surface area contributed by atoms with E-state index in [9.17, 15) is 0 Å². The van der Waals surface area contributed by atoms with Crippen LogP contribution >= 0.6 is 0 Å². The van der Waals surface area contributed by atoms with E-state index in [0.717, 1.165) is 66.5 Å². The second kappa shape index (κ2) is 14.8. The molecule has 0 atom stereocenters. The van der Waals surface area contributed by atoms with Crippen LogP contribution in [0.25, 0.3) is 98.8 Å². The standard InChI is InChI=1S/C60H39NO/c1-3-20-49-41(13-1)15-10-24-51(49)43-31-36-48(37-32-43)61(47-34-29-40(30-35-47)45-18-9-19-46(39-45)52-25-11-16-42-14-2-4-21-50(42)52)57-27-7-5-22-53(57)55-26-12-17-44-33-38-56-54-23-6-8-28-58(54)62-60(56)59(44)55/h1-39H. The third kappa shape index (κ3) is 6.04. The third-order valence-corrected chi connectivity index (χ3v) is 12.5. The molecule has 1 aromatic heterocycles. The van der Waals surface area contributed by atoms with Crippen LogP contribution in [0, 0.1) is 0 Å². The van der Waals surface area contributed by atoms with Crippen molar-refractivity contribution in [2.45, 2.75) is 0 Å². The monoisotopic (exact) mass is 789 g/mol. The largest absolute Gasteiger partial charge is 0.455 e. The molecule has 2 nitrogen and oxygen atoms in total. The van der Waals surface area contributed by atoms with Crippen LogP contribution < -0.4 is 4.90 Å². The molecule has 12 aromatic rings. The van der Waals surface area contributed by atoms with Gasteiger partial charge in [-0.15, -0.1) is 0 Å². The molecule has 1 heterocycles. The highest BCUT2D eigenvalue weighted by Gasteiger charge is 2.21.